The summed E-state index contributed by atoms with van der Waals surface area (Å²) in [5.74, 6) is 0.597. The van der Waals surface area contributed by atoms with E-state index in [0.29, 0.717) is 12.0 Å². The standard InChI is InChI=1S/C10H12BrN.ClH/c1-6-2-3-7(9(11)4-6)8-5-10(8)12;/h2-4,8,10H,5,12H2,1H3;1H/t8-,10+;/m0./s1. The molecular weight excluding hydrogens is 249 g/mol. The second kappa shape index (κ2) is 3.99. The van der Waals surface area contributed by atoms with Crippen LogP contribution in [0.15, 0.2) is 22.7 Å². The summed E-state index contributed by atoms with van der Waals surface area (Å²) in [6.45, 7) is 2.10. The van der Waals surface area contributed by atoms with E-state index in [9.17, 15) is 0 Å². The Bertz CT molecular complexity index is 314. The topological polar surface area (TPSA) is 26.0 Å². The molecule has 3 heteroatoms. The maximum absolute atomic E-state index is 5.78. The molecule has 0 aromatic heterocycles. The summed E-state index contributed by atoms with van der Waals surface area (Å²) < 4.78 is 1.21. The zero-order valence-electron chi connectivity index (χ0n) is 7.46. The first kappa shape index (κ1) is 11.0. The summed E-state index contributed by atoms with van der Waals surface area (Å²) in [6, 6.07) is 6.87. The number of rotatable bonds is 1. The Balaban J connectivity index is 0.000000845. The third kappa shape index (κ3) is 2.25. The van der Waals surface area contributed by atoms with Crippen LogP contribution in [0, 0.1) is 6.92 Å². The lowest BCUT2D eigenvalue weighted by Crippen LogP contribution is -2.01. The molecule has 13 heavy (non-hydrogen) atoms. The molecule has 2 N–H and O–H groups in total. The predicted molar refractivity (Wildman–Crippen MR) is 61.5 cm³/mol. The highest BCUT2D eigenvalue weighted by Crippen LogP contribution is 2.42. The number of benzene rings is 1. The van der Waals surface area contributed by atoms with E-state index in [-0.39, 0.29) is 12.4 Å². The smallest absolute Gasteiger partial charge is 0.0213 e. The van der Waals surface area contributed by atoms with Crippen LogP contribution in [-0.2, 0) is 0 Å². The van der Waals surface area contributed by atoms with E-state index in [1.54, 1.807) is 0 Å². The summed E-state index contributed by atoms with van der Waals surface area (Å²) in [5.41, 5.74) is 8.44. The fourth-order valence-corrected chi connectivity index (χ4v) is 2.29. The van der Waals surface area contributed by atoms with Gasteiger partial charge in [0.15, 0.2) is 0 Å². The number of nitrogens with two attached hydrogens (primary N) is 1. The van der Waals surface area contributed by atoms with Crippen LogP contribution in [0.5, 0.6) is 0 Å². The van der Waals surface area contributed by atoms with Gasteiger partial charge in [0.1, 0.15) is 0 Å². The quantitative estimate of drug-likeness (QED) is 0.827. The number of hydrogen-bond donors (Lipinski definition) is 1. The summed E-state index contributed by atoms with van der Waals surface area (Å²) in [6.07, 6.45) is 1.14. The molecule has 0 radical (unpaired) electrons. The van der Waals surface area contributed by atoms with Crippen molar-refractivity contribution in [2.45, 2.75) is 25.3 Å². The lowest BCUT2D eigenvalue weighted by molar-refractivity contribution is 0.984. The van der Waals surface area contributed by atoms with Gasteiger partial charge in [0, 0.05) is 16.4 Å². The van der Waals surface area contributed by atoms with E-state index >= 15 is 0 Å². The molecule has 0 amide bonds. The van der Waals surface area contributed by atoms with E-state index < -0.39 is 0 Å². The lowest BCUT2D eigenvalue weighted by Gasteiger charge is -2.03. The van der Waals surface area contributed by atoms with Crippen molar-refractivity contribution >= 4 is 28.3 Å². The second-order valence-electron chi connectivity index (χ2n) is 3.53. The van der Waals surface area contributed by atoms with Crippen molar-refractivity contribution in [3.63, 3.8) is 0 Å². The van der Waals surface area contributed by atoms with E-state index in [2.05, 4.69) is 41.1 Å². The van der Waals surface area contributed by atoms with Gasteiger partial charge in [0.05, 0.1) is 0 Å². The molecule has 1 aromatic carbocycles. The first-order valence-electron chi connectivity index (χ1n) is 4.20. The van der Waals surface area contributed by atoms with Crippen molar-refractivity contribution in [2.24, 2.45) is 5.73 Å². The number of aryl methyl sites for hydroxylation is 1. The predicted octanol–water partition coefficient (Wildman–Crippen LogP) is 2.99. The fourth-order valence-electron chi connectivity index (χ4n) is 1.51. The van der Waals surface area contributed by atoms with Gasteiger partial charge in [-0.2, -0.15) is 0 Å². The Labute approximate surface area is 93.2 Å². The minimum atomic E-state index is 0. The first-order valence-corrected chi connectivity index (χ1v) is 4.99. The summed E-state index contributed by atoms with van der Waals surface area (Å²) in [5, 5.41) is 0. The molecule has 0 saturated heterocycles. The number of halogens is 2. The van der Waals surface area contributed by atoms with Crippen LogP contribution in [0.1, 0.15) is 23.5 Å². The molecular formula is C10H13BrClN. The maximum Gasteiger partial charge on any atom is 0.0213 e. The van der Waals surface area contributed by atoms with Gasteiger partial charge < -0.3 is 5.73 Å². The Morgan fingerprint density at radius 2 is 2.08 bits per heavy atom. The molecule has 1 aliphatic carbocycles. The molecule has 0 aliphatic heterocycles. The Kier molecular flexibility index (Phi) is 3.38. The van der Waals surface area contributed by atoms with E-state index in [4.69, 9.17) is 5.73 Å². The first-order chi connectivity index (χ1) is 5.68. The van der Waals surface area contributed by atoms with Gasteiger partial charge in [-0.15, -0.1) is 12.4 Å². The highest BCUT2D eigenvalue weighted by Gasteiger charge is 2.35. The molecule has 2 atom stereocenters. The second-order valence-corrected chi connectivity index (χ2v) is 4.39. The average Bonchev–Trinajstić information content (AvgIpc) is 2.66. The number of hydrogen-bond acceptors (Lipinski definition) is 1. The van der Waals surface area contributed by atoms with Gasteiger partial charge in [0.2, 0.25) is 0 Å². The van der Waals surface area contributed by atoms with Crippen LogP contribution in [0.3, 0.4) is 0 Å². The minimum Gasteiger partial charge on any atom is -0.327 e. The highest BCUT2D eigenvalue weighted by molar-refractivity contribution is 9.10. The fraction of sp³-hybridized carbons (Fsp3) is 0.400. The van der Waals surface area contributed by atoms with Gasteiger partial charge in [-0.3, -0.25) is 0 Å². The van der Waals surface area contributed by atoms with Crippen LogP contribution in [0.25, 0.3) is 0 Å². The molecule has 0 bridgehead atoms. The zero-order chi connectivity index (χ0) is 8.72. The molecule has 72 valence electrons. The minimum absolute atomic E-state index is 0. The third-order valence-corrected chi connectivity index (χ3v) is 3.08. The van der Waals surface area contributed by atoms with Gasteiger partial charge in [0.25, 0.3) is 0 Å². The summed E-state index contributed by atoms with van der Waals surface area (Å²) in [7, 11) is 0. The molecule has 0 spiro atoms. The molecule has 1 aromatic rings. The van der Waals surface area contributed by atoms with Crippen molar-refractivity contribution in [3.05, 3.63) is 33.8 Å². The monoisotopic (exact) mass is 261 g/mol. The SMILES string of the molecule is Cc1ccc([C@@H]2C[C@H]2N)c(Br)c1.Cl. The van der Waals surface area contributed by atoms with Gasteiger partial charge in [-0.1, -0.05) is 28.1 Å². The van der Waals surface area contributed by atoms with Gasteiger partial charge >= 0.3 is 0 Å². The zero-order valence-corrected chi connectivity index (χ0v) is 9.86. The van der Waals surface area contributed by atoms with Gasteiger partial charge in [-0.25, -0.2) is 0 Å². The van der Waals surface area contributed by atoms with Gasteiger partial charge in [-0.05, 0) is 30.5 Å². The maximum atomic E-state index is 5.78. The van der Waals surface area contributed by atoms with Crippen molar-refractivity contribution in [2.75, 3.05) is 0 Å². The molecule has 0 unspecified atom stereocenters. The van der Waals surface area contributed by atoms with Crippen LogP contribution < -0.4 is 5.73 Å². The molecule has 0 heterocycles. The third-order valence-electron chi connectivity index (χ3n) is 2.40. The van der Waals surface area contributed by atoms with Crippen molar-refractivity contribution in [3.8, 4) is 0 Å². The van der Waals surface area contributed by atoms with Crippen LogP contribution >= 0.6 is 28.3 Å². The molecule has 1 nitrogen and oxygen atoms in total. The Morgan fingerprint density at radius 1 is 1.46 bits per heavy atom. The molecule has 1 saturated carbocycles. The average molecular weight is 263 g/mol. The van der Waals surface area contributed by atoms with Crippen LogP contribution in [0.4, 0.5) is 0 Å². The highest BCUT2D eigenvalue weighted by atomic mass is 79.9. The van der Waals surface area contributed by atoms with E-state index in [0.717, 1.165) is 6.42 Å². The van der Waals surface area contributed by atoms with Crippen LogP contribution in [0.2, 0.25) is 0 Å². The molecule has 1 aliphatic rings. The summed E-state index contributed by atoms with van der Waals surface area (Å²) in [4.78, 5) is 0. The van der Waals surface area contributed by atoms with E-state index in [1.807, 2.05) is 0 Å². The largest absolute Gasteiger partial charge is 0.327 e. The Hall–Kier alpha value is -0.0500. The lowest BCUT2D eigenvalue weighted by atomic mass is 10.1. The van der Waals surface area contributed by atoms with Crippen LogP contribution in [-0.4, -0.2) is 6.04 Å². The molecule has 1 fully saturated rings. The summed E-state index contributed by atoms with van der Waals surface area (Å²) >= 11 is 3.56. The van der Waals surface area contributed by atoms with E-state index in [1.165, 1.54) is 15.6 Å². The Morgan fingerprint density at radius 3 is 2.54 bits per heavy atom. The van der Waals surface area contributed by atoms with Crippen molar-refractivity contribution < 1.29 is 0 Å². The van der Waals surface area contributed by atoms with Crippen molar-refractivity contribution in [1.82, 2.24) is 0 Å². The van der Waals surface area contributed by atoms with Crippen molar-refractivity contribution in [1.29, 1.82) is 0 Å². The normalized spacial score (nSPS) is 25.2. The molecule has 2 rings (SSSR count).